The van der Waals surface area contributed by atoms with Crippen molar-refractivity contribution < 1.29 is 4.74 Å². The molecule has 2 heterocycles. The highest BCUT2D eigenvalue weighted by Crippen LogP contribution is 2.20. The van der Waals surface area contributed by atoms with Crippen LogP contribution in [0.1, 0.15) is 22.0 Å². The van der Waals surface area contributed by atoms with Crippen molar-refractivity contribution in [1.29, 1.82) is 0 Å². The summed E-state index contributed by atoms with van der Waals surface area (Å²) < 4.78 is 7.11. The van der Waals surface area contributed by atoms with E-state index in [2.05, 4.69) is 20.8 Å². The van der Waals surface area contributed by atoms with Gasteiger partial charge >= 0.3 is 0 Å². The van der Waals surface area contributed by atoms with Crippen molar-refractivity contribution in [3.63, 3.8) is 0 Å². The Bertz CT molecular complexity index is 532. The van der Waals surface area contributed by atoms with Gasteiger partial charge in [-0.25, -0.2) is 9.67 Å². The molecular weight excluding hydrogens is 248 g/mol. The maximum Gasteiger partial charge on any atom is 0.216 e. The standard InChI is InChI=1S/C12H18N4OS/c1-8-11(12(17-4)16(3)15-8)6-13-5-10-7-18-9(2)14-10/h7,13H,5-6H2,1-4H3. The van der Waals surface area contributed by atoms with E-state index in [0.717, 1.165) is 40.9 Å². The van der Waals surface area contributed by atoms with E-state index in [1.165, 1.54) is 0 Å². The molecule has 0 amide bonds. The maximum absolute atomic E-state index is 5.35. The van der Waals surface area contributed by atoms with Crippen molar-refractivity contribution in [3.8, 4) is 5.88 Å². The molecule has 0 unspecified atom stereocenters. The molecule has 0 aliphatic rings. The first kappa shape index (κ1) is 13.0. The van der Waals surface area contributed by atoms with Gasteiger partial charge in [0.25, 0.3) is 0 Å². The molecule has 6 heteroatoms. The van der Waals surface area contributed by atoms with E-state index in [-0.39, 0.29) is 0 Å². The molecule has 0 radical (unpaired) electrons. The van der Waals surface area contributed by atoms with Crippen LogP contribution in [0, 0.1) is 13.8 Å². The zero-order valence-corrected chi connectivity index (χ0v) is 12.0. The molecule has 0 saturated heterocycles. The summed E-state index contributed by atoms with van der Waals surface area (Å²) in [5.74, 6) is 0.814. The molecule has 0 aromatic carbocycles. The summed E-state index contributed by atoms with van der Waals surface area (Å²) in [6.07, 6.45) is 0. The van der Waals surface area contributed by atoms with Gasteiger partial charge in [-0.15, -0.1) is 11.3 Å². The number of ether oxygens (including phenoxy) is 1. The molecule has 2 rings (SSSR count). The topological polar surface area (TPSA) is 52.0 Å². The van der Waals surface area contributed by atoms with E-state index in [1.54, 1.807) is 23.1 Å². The number of nitrogens with zero attached hydrogens (tertiary/aromatic N) is 3. The largest absolute Gasteiger partial charge is 0.481 e. The summed E-state index contributed by atoms with van der Waals surface area (Å²) in [5.41, 5.74) is 3.18. The van der Waals surface area contributed by atoms with Gasteiger partial charge < -0.3 is 10.1 Å². The van der Waals surface area contributed by atoms with Crippen LogP contribution in [0.15, 0.2) is 5.38 Å². The summed E-state index contributed by atoms with van der Waals surface area (Å²) in [5, 5.41) is 10.9. The highest BCUT2D eigenvalue weighted by molar-refractivity contribution is 7.09. The highest BCUT2D eigenvalue weighted by Gasteiger charge is 2.13. The lowest BCUT2D eigenvalue weighted by atomic mass is 10.2. The summed E-state index contributed by atoms with van der Waals surface area (Å²) in [6, 6.07) is 0. The Kier molecular flexibility index (Phi) is 3.98. The fourth-order valence-electron chi connectivity index (χ4n) is 1.94. The molecule has 0 spiro atoms. The number of aryl methyl sites for hydroxylation is 3. The number of aromatic nitrogens is 3. The third kappa shape index (κ3) is 2.70. The van der Waals surface area contributed by atoms with Crippen molar-refractivity contribution in [2.75, 3.05) is 7.11 Å². The smallest absolute Gasteiger partial charge is 0.216 e. The molecule has 5 nitrogen and oxygen atoms in total. The first-order chi connectivity index (χ1) is 8.61. The fraction of sp³-hybridized carbons (Fsp3) is 0.500. The first-order valence-electron chi connectivity index (χ1n) is 5.80. The van der Waals surface area contributed by atoms with Gasteiger partial charge in [0.05, 0.1) is 29.1 Å². The zero-order chi connectivity index (χ0) is 13.1. The second-order valence-electron chi connectivity index (χ2n) is 4.16. The van der Waals surface area contributed by atoms with Crippen LogP contribution in [-0.4, -0.2) is 21.9 Å². The minimum absolute atomic E-state index is 0.736. The Labute approximate surface area is 111 Å². The Morgan fingerprint density at radius 1 is 1.39 bits per heavy atom. The Morgan fingerprint density at radius 3 is 2.78 bits per heavy atom. The van der Waals surface area contributed by atoms with Gasteiger partial charge in [0.1, 0.15) is 0 Å². The molecule has 0 saturated carbocycles. The van der Waals surface area contributed by atoms with Crippen LogP contribution in [0.5, 0.6) is 5.88 Å². The van der Waals surface area contributed by atoms with Crippen LogP contribution in [0.4, 0.5) is 0 Å². The summed E-state index contributed by atoms with van der Waals surface area (Å²) >= 11 is 1.67. The van der Waals surface area contributed by atoms with Crippen LogP contribution in [0.2, 0.25) is 0 Å². The van der Waals surface area contributed by atoms with Crippen molar-refractivity contribution in [1.82, 2.24) is 20.1 Å². The number of methoxy groups -OCH3 is 1. The van der Waals surface area contributed by atoms with E-state index in [0.29, 0.717) is 0 Å². The molecule has 98 valence electrons. The Balaban J connectivity index is 1.98. The predicted molar refractivity (Wildman–Crippen MR) is 71.9 cm³/mol. The number of thiazole rings is 1. The van der Waals surface area contributed by atoms with Crippen LogP contribution in [0.3, 0.4) is 0 Å². The predicted octanol–water partition coefficient (Wildman–Crippen LogP) is 1.79. The molecule has 0 atom stereocenters. The third-order valence-electron chi connectivity index (χ3n) is 2.76. The van der Waals surface area contributed by atoms with Crippen LogP contribution in [-0.2, 0) is 20.1 Å². The van der Waals surface area contributed by atoms with E-state index in [9.17, 15) is 0 Å². The highest BCUT2D eigenvalue weighted by atomic mass is 32.1. The van der Waals surface area contributed by atoms with Crippen molar-refractivity contribution in [3.05, 3.63) is 27.3 Å². The quantitative estimate of drug-likeness (QED) is 0.896. The molecule has 2 aromatic heterocycles. The summed E-state index contributed by atoms with van der Waals surface area (Å²) in [6.45, 7) is 5.51. The van der Waals surface area contributed by atoms with Gasteiger partial charge in [-0.3, -0.25) is 0 Å². The van der Waals surface area contributed by atoms with Crippen LogP contribution < -0.4 is 10.1 Å². The molecule has 0 aliphatic heterocycles. The van der Waals surface area contributed by atoms with E-state index in [4.69, 9.17) is 4.74 Å². The Morgan fingerprint density at radius 2 is 2.17 bits per heavy atom. The number of nitrogens with one attached hydrogen (secondary N) is 1. The van der Waals surface area contributed by atoms with Crippen LogP contribution in [0.25, 0.3) is 0 Å². The Hall–Kier alpha value is -1.40. The molecule has 0 bridgehead atoms. The molecule has 1 N–H and O–H groups in total. The number of hydrogen-bond donors (Lipinski definition) is 1. The number of rotatable bonds is 5. The van der Waals surface area contributed by atoms with E-state index < -0.39 is 0 Å². The molecule has 0 fully saturated rings. The molecular formula is C12H18N4OS. The average Bonchev–Trinajstić information content (AvgIpc) is 2.84. The van der Waals surface area contributed by atoms with Gasteiger partial charge in [0.15, 0.2) is 0 Å². The van der Waals surface area contributed by atoms with Gasteiger partial charge in [-0.2, -0.15) is 5.10 Å². The SMILES string of the molecule is COc1c(CNCc2csc(C)n2)c(C)nn1C. The van der Waals surface area contributed by atoms with Gasteiger partial charge in [-0.1, -0.05) is 0 Å². The summed E-state index contributed by atoms with van der Waals surface area (Å²) in [4.78, 5) is 4.42. The van der Waals surface area contributed by atoms with E-state index in [1.807, 2.05) is 20.9 Å². The second-order valence-corrected chi connectivity index (χ2v) is 5.22. The first-order valence-corrected chi connectivity index (χ1v) is 6.68. The monoisotopic (exact) mass is 266 g/mol. The minimum atomic E-state index is 0.736. The molecule has 18 heavy (non-hydrogen) atoms. The van der Waals surface area contributed by atoms with Crippen LogP contribution >= 0.6 is 11.3 Å². The molecule has 2 aromatic rings. The zero-order valence-electron chi connectivity index (χ0n) is 11.1. The normalized spacial score (nSPS) is 10.9. The minimum Gasteiger partial charge on any atom is -0.481 e. The molecule has 0 aliphatic carbocycles. The van der Waals surface area contributed by atoms with Crippen molar-refractivity contribution >= 4 is 11.3 Å². The average molecular weight is 266 g/mol. The summed E-state index contributed by atoms with van der Waals surface area (Å²) in [7, 11) is 3.56. The van der Waals surface area contributed by atoms with E-state index >= 15 is 0 Å². The van der Waals surface area contributed by atoms with Gasteiger partial charge in [0, 0.05) is 25.5 Å². The lowest BCUT2D eigenvalue weighted by Crippen LogP contribution is -2.14. The fourth-order valence-corrected chi connectivity index (χ4v) is 2.56. The van der Waals surface area contributed by atoms with Crippen molar-refractivity contribution in [2.45, 2.75) is 26.9 Å². The second kappa shape index (κ2) is 5.49. The van der Waals surface area contributed by atoms with Crippen molar-refractivity contribution in [2.24, 2.45) is 7.05 Å². The third-order valence-corrected chi connectivity index (χ3v) is 3.58. The van der Waals surface area contributed by atoms with Gasteiger partial charge in [-0.05, 0) is 13.8 Å². The lowest BCUT2D eigenvalue weighted by molar-refractivity contribution is 0.368. The number of hydrogen-bond acceptors (Lipinski definition) is 5. The lowest BCUT2D eigenvalue weighted by Gasteiger charge is -2.05. The maximum atomic E-state index is 5.35. The van der Waals surface area contributed by atoms with Gasteiger partial charge in [0.2, 0.25) is 5.88 Å².